The van der Waals surface area contributed by atoms with E-state index in [1.54, 1.807) is 0 Å². The molecule has 0 amide bonds. The maximum absolute atomic E-state index is 10.9. The largest absolute Gasteiger partial charge is 0.369 e. The van der Waals surface area contributed by atoms with E-state index in [2.05, 4.69) is 4.18 Å². The summed E-state index contributed by atoms with van der Waals surface area (Å²) in [6.07, 6.45) is 1.11. The van der Waals surface area contributed by atoms with Crippen molar-refractivity contribution in [1.82, 2.24) is 0 Å². The predicted molar refractivity (Wildman–Crippen MR) is 32.3 cm³/mol. The minimum absolute atomic E-state index is 0.0539. The van der Waals surface area contributed by atoms with Gasteiger partial charge in [-0.1, -0.05) is 0 Å². The smallest absolute Gasteiger partial charge is 0.321 e. The first-order valence-corrected chi connectivity index (χ1v) is 4.90. The first kappa shape index (κ1) is 6.70. The van der Waals surface area contributed by atoms with Gasteiger partial charge in [0.2, 0.25) is 0 Å². The van der Waals surface area contributed by atoms with E-state index in [4.69, 9.17) is 4.55 Å². The molecule has 1 aliphatic heterocycles. The standard InChI is InChI=1S/C4H8O4S/c1-9(6,7)3-2-4(5)8-9/h2-3H2,1H3,(H,6,7). The number of hydrogen-bond donors (Lipinski definition) is 1. The minimum atomic E-state index is -3.93. The van der Waals surface area contributed by atoms with Crippen molar-refractivity contribution < 1.29 is 17.7 Å². The third-order valence-corrected chi connectivity index (χ3v) is 2.82. The van der Waals surface area contributed by atoms with Crippen LogP contribution < -0.4 is 0 Å². The molecule has 0 unspecified atom stereocenters. The first-order chi connectivity index (χ1) is 3.87. The van der Waals surface area contributed by atoms with Crippen LogP contribution in [0.2, 0.25) is 0 Å². The van der Waals surface area contributed by atoms with E-state index in [1.165, 1.54) is 0 Å². The molecule has 0 radical (unpaired) electrons. The van der Waals surface area contributed by atoms with Crippen molar-refractivity contribution >= 4 is 15.6 Å². The van der Waals surface area contributed by atoms with E-state index in [9.17, 15) is 9.00 Å². The quantitative estimate of drug-likeness (QED) is 0.520. The van der Waals surface area contributed by atoms with Gasteiger partial charge in [0.05, 0.1) is 12.2 Å². The van der Waals surface area contributed by atoms with Gasteiger partial charge in [-0.15, -0.1) is 0 Å². The molecule has 1 fully saturated rings. The Kier molecular flexibility index (Phi) is 1.01. The monoisotopic (exact) mass is 152 g/mol. The van der Waals surface area contributed by atoms with Gasteiger partial charge in [0, 0.05) is 6.26 Å². The van der Waals surface area contributed by atoms with Crippen molar-refractivity contribution in [3.63, 3.8) is 0 Å². The van der Waals surface area contributed by atoms with Crippen molar-refractivity contribution in [2.24, 2.45) is 0 Å². The summed E-state index contributed by atoms with van der Waals surface area (Å²) in [7, 11) is -3.93. The molecule has 0 aromatic heterocycles. The van der Waals surface area contributed by atoms with Crippen molar-refractivity contribution in [3.05, 3.63) is 0 Å². The third-order valence-electron chi connectivity index (χ3n) is 1.07. The van der Waals surface area contributed by atoms with Gasteiger partial charge < -0.3 is 4.18 Å². The van der Waals surface area contributed by atoms with Gasteiger partial charge in [0.1, 0.15) is 9.63 Å². The number of hydrogen-bond acceptors (Lipinski definition) is 3. The van der Waals surface area contributed by atoms with Crippen LogP contribution in [0, 0.1) is 0 Å². The average molecular weight is 152 g/mol. The molecule has 0 aromatic carbocycles. The van der Waals surface area contributed by atoms with Crippen LogP contribution in [0.5, 0.6) is 0 Å². The molecule has 0 spiro atoms. The molecular weight excluding hydrogens is 144 g/mol. The lowest BCUT2D eigenvalue weighted by molar-refractivity contribution is -0.132. The van der Waals surface area contributed by atoms with Gasteiger partial charge in [-0.3, -0.25) is 9.35 Å². The Morgan fingerprint density at radius 2 is 2.33 bits per heavy atom. The zero-order valence-corrected chi connectivity index (χ0v) is 5.81. The lowest BCUT2D eigenvalue weighted by Gasteiger charge is -2.23. The molecule has 0 bridgehead atoms. The zero-order chi connectivity index (χ0) is 7.15. The molecule has 1 rings (SSSR count). The molecular formula is C4H8O4S. The molecule has 1 heterocycles. The van der Waals surface area contributed by atoms with Crippen LogP contribution in [0.3, 0.4) is 0 Å². The molecule has 0 saturated carbocycles. The summed E-state index contributed by atoms with van der Waals surface area (Å²) >= 11 is 0. The summed E-state index contributed by atoms with van der Waals surface area (Å²) in [5.41, 5.74) is 0. The van der Waals surface area contributed by atoms with Crippen LogP contribution in [0.4, 0.5) is 0 Å². The molecule has 1 aliphatic rings. The number of carbonyl (C=O) groups excluding carboxylic acids is 1. The highest BCUT2D eigenvalue weighted by atomic mass is 32.3. The molecule has 5 heteroatoms. The van der Waals surface area contributed by atoms with Crippen LogP contribution in [-0.2, 0) is 18.6 Å². The van der Waals surface area contributed by atoms with E-state index >= 15 is 0 Å². The van der Waals surface area contributed by atoms with Gasteiger partial charge in [0.25, 0.3) is 0 Å². The normalized spacial score (nSPS) is 34.4. The summed E-state index contributed by atoms with van der Waals surface area (Å²) in [6, 6.07) is 0. The van der Waals surface area contributed by atoms with Crippen molar-refractivity contribution in [2.45, 2.75) is 6.42 Å². The number of rotatable bonds is 0. The maximum Gasteiger partial charge on any atom is 0.321 e. The summed E-state index contributed by atoms with van der Waals surface area (Å²) < 4.78 is 24.1. The van der Waals surface area contributed by atoms with Crippen LogP contribution in [0.15, 0.2) is 0 Å². The van der Waals surface area contributed by atoms with Crippen LogP contribution in [0.25, 0.3) is 0 Å². The summed E-state index contributed by atoms with van der Waals surface area (Å²) in [4.78, 5) is 10.3. The molecule has 0 aromatic rings. The molecule has 1 saturated heterocycles. The lowest BCUT2D eigenvalue weighted by Crippen LogP contribution is -2.31. The Bertz CT molecular complexity index is 213. The number of carbonyl (C=O) groups is 1. The molecule has 1 N–H and O–H groups in total. The Morgan fingerprint density at radius 3 is 2.44 bits per heavy atom. The molecule has 54 valence electrons. The highest BCUT2D eigenvalue weighted by molar-refractivity contribution is 8.11. The Balaban J connectivity index is 2.92. The van der Waals surface area contributed by atoms with Crippen molar-refractivity contribution in [1.29, 1.82) is 0 Å². The van der Waals surface area contributed by atoms with E-state index < -0.39 is 15.6 Å². The summed E-state index contributed by atoms with van der Waals surface area (Å²) in [5.74, 6) is -0.646. The fourth-order valence-corrected chi connectivity index (χ4v) is 1.91. The fourth-order valence-electron chi connectivity index (χ4n) is 0.636. The lowest BCUT2D eigenvalue weighted by atomic mass is 10.5. The van der Waals surface area contributed by atoms with Crippen molar-refractivity contribution in [3.8, 4) is 0 Å². The van der Waals surface area contributed by atoms with Gasteiger partial charge in [-0.05, 0) is 0 Å². The van der Waals surface area contributed by atoms with E-state index in [0.717, 1.165) is 6.26 Å². The van der Waals surface area contributed by atoms with Crippen LogP contribution >= 0.6 is 0 Å². The topological polar surface area (TPSA) is 63.6 Å². The van der Waals surface area contributed by atoms with Crippen LogP contribution in [-0.4, -0.2) is 26.7 Å². The second-order valence-electron chi connectivity index (χ2n) is 2.30. The minimum Gasteiger partial charge on any atom is -0.369 e. The van der Waals surface area contributed by atoms with E-state index in [-0.39, 0.29) is 12.2 Å². The third kappa shape index (κ3) is 1.49. The fraction of sp³-hybridized carbons (Fsp3) is 0.750. The van der Waals surface area contributed by atoms with E-state index in [0.29, 0.717) is 0 Å². The highest BCUT2D eigenvalue weighted by Crippen LogP contribution is 2.26. The van der Waals surface area contributed by atoms with Gasteiger partial charge in [0.15, 0.2) is 0 Å². The maximum atomic E-state index is 10.9. The Hall–Kier alpha value is -0.420. The Morgan fingerprint density at radius 1 is 1.78 bits per heavy atom. The second kappa shape index (κ2) is 1.35. The highest BCUT2D eigenvalue weighted by Gasteiger charge is 2.38. The van der Waals surface area contributed by atoms with E-state index in [1.807, 2.05) is 0 Å². The zero-order valence-electron chi connectivity index (χ0n) is 4.99. The predicted octanol–water partition coefficient (Wildman–Crippen LogP) is -0.229. The average Bonchev–Trinajstić information content (AvgIpc) is 1.78. The van der Waals surface area contributed by atoms with Gasteiger partial charge in [-0.25, -0.2) is 4.21 Å². The second-order valence-corrected chi connectivity index (χ2v) is 5.64. The van der Waals surface area contributed by atoms with Crippen LogP contribution in [0.1, 0.15) is 6.42 Å². The first-order valence-electron chi connectivity index (χ1n) is 2.47. The SMILES string of the molecule is CS1(=O)(O)CCC(=O)O1. The molecule has 9 heavy (non-hydrogen) atoms. The van der Waals surface area contributed by atoms with Gasteiger partial charge >= 0.3 is 5.97 Å². The summed E-state index contributed by atoms with van der Waals surface area (Å²) in [6.45, 7) is 0. The molecule has 0 aliphatic carbocycles. The van der Waals surface area contributed by atoms with Gasteiger partial charge in [-0.2, -0.15) is 0 Å². The Labute approximate surface area is 52.6 Å². The molecule has 4 nitrogen and oxygen atoms in total. The molecule has 0 atom stereocenters. The summed E-state index contributed by atoms with van der Waals surface area (Å²) in [5, 5.41) is 0. The van der Waals surface area contributed by atoms with Crippen molar-refractivity contribution in [2.75, 3.05) is 12.0 Å².